The van der Waals surface area contributed by atoms with E-state index in [2.05, 4.69) is 4.98 Å². The van der Waals surface area contributed by atoms with Gasteiger partial charge in [0.25, 0.3) is 0 Å². The Hall–Kier alpha value is -1.52. The van der Waals surface area contributed by atoms with Gasteiger partial charge in [-0.2, -0.15) is 0 Å². The fraction of sp³-hybridized carbons (Fsp3) is 0.714. The van der Waals surface area contributed by atoms with Gasteiger partial charge in [-0.1, -0.05) is 0 Å². The highest BCUT2D eigenvalue weighted by Crippen LogP contribution is 2.27. The van der Waals surface area contributed by atoms with Crippen molar-refractivity contribution >= 4 is 6.09 Å². The van der Waals surface area contributed by atoms with Crippen molar-refractivity contribution < 1.29 is 13.9 Å². The van der Waals surface area contributed by atoms with Crippen LogP contribution in [-0.4, -0.2) is 34.7 Å². The predicted octanol–water partition coefficient (Wildman–Crippen LogP) is 3.18. The summed E-state index contributed by atoms with van der Waals surface area (Å²) < 4.78 is 10.4. The normalized spacial score (nSPS) is 21.0. The van der Waals surface area contributed by atoms with Gasteiger partial charge in [-0.3, -0.25) is 0 Å². The van der Waals surface area contributed by atoms with Crippen molar-refractivity contribution in [1.29, 1.82) is 0 Å². The van der Waals surface area contributed by atoms with Crippen LogP contribution in [0.4, 0.5) is 4.79 Å². The standard InChI is InChI=1S/C14H22N2O3/c1-14(2,3)19-13(17)16-7-4-5-11(6-8-16)12-9-18-10-15-12/h9-11H,4-8H2,1-3H3. The number of hydrogen-bond donors (Lipinski definition) is 0. The van der Waals surface area contributed by atoms with Gasteiger partial charge in [-0.15, -0.1) is 0 Å². The van der Waals surface area contributed by atoms with Gasteiger partial charge >= 0.3 is 6.09 Å². The number of ether oxygens (including phenoxy) is 1. The topological polar surface area (TPSA) is 55.6 Å². The summed E-state index contributed by atoms with van der Waals surface area (Å²) in [5.74, 6) is 0.381. The Morgan fingerprint density at radius 3 is 2.84 bits per heavy atom. The molecule has 1 saturated heterocycles. The molecule has 0 radical (unpaired) electrons. The second-order valence-corrected chi connectivity index (χ2v) is 6.01. The van der Waals surface area contributed by atoms with Crippen LogP contribution in [0.2, 0.25) is 0 Å². The van der Waals surface area contributed by atoms with Gasteiger partial charge in [0.05, 0.1) is 5.69 Å². The summed E-state index contributed by atoms with van der Waals surface area (Å²) in [5, 5.41) is 0. The molecule has 1 atom stereocenters. The quantitative estimate of drug-likeness (QED) is 0.783. The fourth-order valence-corrected chi connectivity index (χ4v) is 2.32. The maximum Gasteiger partial charge on any atom is 0.410 e. The summed E-state index contributed by atoms with van der Waals surface area (Å²) in [5.41, 5.74) is 0.556. The number of likely N-dealkylation sites (tertiary alicyclic amines) is 1. The third-order valence-electron chi connectivity index (χ3n) is 3.25. The van der Waals surface area contributed by atoms with Gasteiger partial charge in [0, 0.05) is 19.0 Å². The van der Waals surface area contributed by atoms with E-state index in [1.165, 1.54) is 6.39 Å². The first kappa shape index (κ1) is 13.9. The number of carbonyl (C=O) groups is 1. The van der Waals surface area contributed by atoms with Crippen LogP contribution in [0.25, 0.3) is 0 Å². The minimum atomic E-state index is -0.436. The molecule has 19 heavy (non-hydrogen) atoms. The van der Waals surface area contributed by atoms with Crippen LogP contribution in [-0.2, 0) is 4.74 Å². The van der Waals surface area contributed by atoms with Crippen LogP contribution in [0.5, 0.6) is 0 Å². The Bertz CT molecular complexity index is 409. The highest BCUT2D eigenvalue weighted by Gasteiger charge is 2.26. The lowest BCUT2D eigenvalue weighted by atomic mass is 9.98. The van der Waals surface area contributed by atoms with E-state index in [-0.39, 0.29) is 6.09 Å². The fourth-order valence-electron chi connectivity index (χ4n) is 2.32. The number of hydrogen-bond acceptors (Lipinski definition) is 4. The van der Waals surface area contributed by atoms with Crippen LogP contribution >= 0.6 is 0 Å². The van der Waals surface area contributed by atoms with Gasteiger partial charge in [0.2, 0.25) is 0 Å². The molecule has 1 unspecified atom stereocenters. The van der Waals surface area contributed by atoms with Crippen molar-refractivity contribution in [1.82, 2.24) is 9.88 Å². The minimum Gasteiger partial charge on any atom is -0.451 e. The van der Waals surface area contributed by atoms with Gasteiger partial charge in [-0.05, 0) is 40.0 Å². The highest BCUT2D eigenvalue weighted by molar-refractivity contribution is 5.68. The summed E-state index contributed by atoms with van der Waals surface area (Å²) in [6.07, 6.45) is 5.86. The van der Waals surface area contributed by atoms with Crippen LogP contribution < -0.4 is 0 Å². The zero-order valence-electron chi connectivity index (χ0n) is 11.9. The summed E-state index contributed by atoms with van der Waals surface area (Å²) in [6.45, 7) is 7.14. The molecule has 106 valence electrons. The second-order valence-electron chi connectivity index (χ2n) is 6.01. The van der Waals surface area contributed by atoms with Gasteiger partial charge in [0.1, 0.15) is 11.9 Å². The molecule has 5 heteroatoms. The monoisotopic (exact) mass is 266 g/mol. The molecule has 1 aliphatic heterocycles. The Balaban J connectivity index is 1.91. The molecular formula is C14H22N2O3. The number of rotatable bonds is 1. The van der Waals surface area contributed by atoms with Crippen molar-refractivity contribution in [2.75, 3.05) is 13.1 Å². The molecule has 5 nitrogen and oxygen atoms in total. The first-order valence-corrected chi connectivity index (χ1v) is 6.82. The lowest BCUT2D eigenvalue weighted by Gasteiger charge is -2.26. The number of nitrogens with zero attached hydrogens (tertiary/aromatic N) is 2. The third kappa shape index (κ3) is 3.98. The average molecular weight is 266 g/mol. The predicted molar refractivity (Wildman–Crippen MR) is 70.9 cm³/mol. The first-order chi connectivity index (χ1) is 8.96. The van der Waals surface area contributed by atoms with Crippen LogP contribution in [0.3, 0.4) is 0 Å². The highest BCUT2D eigenvalue weighted by atomic mass is 16.6. The summed E-state index contributed by atoms with van der Waals surface area (Å²) in [4.78, 5) is 18.0. The van der Waals surface area contributed by atoms with Crippen molar-refractivity contribution in [2.24, 2.45) is 0 Å². The zero-order valence-corrected chi connectivity index (χ0v) is 11.9. The van der Waals surface area contributed by atoms with E-state index in [4.69, 9.17) is 9.15 Å². The van der Waals surface area contributed by atoms with Gasteiger partial charge in [-0.25, -0.2) is 9.78 Å². The van der Waals surface area contributed by atoms with Crippen LogP contribution in [0.1, 0.15) is 51.6 Å². The molecule has 1 amide bonds. The van der Waals surface area contributed by atoms with E-state index < -0.39 is 5.60 Å². The van der Waals surface area contributed by atoms with E-state index in [1.54, 1.807) is 11.2 Å². The Labute approximate surface area is 113 Å². The van der Waals surface area contributed by atoms with E-state index >= 15 is 0 Å². The maximum absolute atomic E-state index is 12.0. The molecular weight excluding hydrogens is 244 g/mol. The van der Waals surface area contributed by atoms with E-state index in [0.29, 0.717) is 12.5 Å². The van der Waals surface area contributed by atoms with Crippen molar-refractivity contribution in [2.45, 2.75) is 51.6 Å². The van der Waals surface area contributed by atoms with Crippen LogP contribution in [0.15, 0.2) is 17.1 Å². The molecule has 1 aliphatic rings. The number of aromatic nitrogens is 1. The van der Waals surface area contributed by atoms with E-state index in [9.17, 15) is 4.79 Å². The van der Waals surface area contributed by atoms with Crippen molar-refractivity contribution in [3.8, 4) is 0 Å². The van der Waals surface area contributed by atoms with Gasteiger partial charge < -0.3 is 14.1 Å². The summed E-state index contributed by atoms with van der Waals surface area (Å²) in [7, 11) is 0. The van der Waals surface area contributed by atoms with E-state index in [1.807, 2.05) is 20.8 Å². The van der Waals surface area contributed by atoms with Crippen LogP contribution in [0, 0.1) is 0 Å². The largest absolute Gasteiger partial charge is 0.451 e. The lowest BCUT2D eigenvalue weighted by Crippen LogP contribution is -2.37. The van der Waals surface area contributed by atoms with Gasteiger partial charge in [0.15, 0.2) is 6.39 Å². The third-order valence-corrected chi connectivity index (χ3v) is 3.25. The average Bonchev–Trinajstić information content (AvgIpc) is 2.71. The number of carbonyl (C=O) groups excluding carboxylic acids is 1. The Morgan fingerprint density at radius 1 is 1.42 bits per heavy atom. The lowest BCUT2D eigenvalue weighted by molar-refractivity contribution is 0.0256. The SMILES string of the molecule is CC(C)(C)OC(=O)N1CCCC(c2cocn2)CC1. The molecule has 0 N–H and O–H groups in total. The molecule has 0 aliphatic carbocycles. The Kier molecular flexibility index (Phi) is 4.12. The molecule has 0 spiro atoms. The summed E-state index contributed by atoms with van der Waals surface area (Å²) >= 11 is 0. The molecule has 0 saturated carbocycles. The minimum absolute atomic E-state index is 0.215. The van der Waals surface area contributed by atoms with Crippen molar-refractivity contribution in [3.05, 3.63) is 18.4 Å². The number of amides is 1. The molecule has 1 fully saturated rings. The molecule has 2 heterocycles. The second kappa shape index (κ2) is 5.63. The first-order valence-electron chi connectivity index (χ1n) is 6.82. The number of oxazole rings is 1. The summed E-state index contributed by atoms with van der Waals surface area (Å²) in [6, 6.07) is 0. The smallest absolute Gasteiger partial charge is 0.410 e. The molecule has 1 aromatic rings. The molecule has 0 aromatic carbocycles. The maximum atomic E-state index is 12.0. The molecule has 2 rings (SSSR count). The van der Waals surface area contributed by atoms with Crippen molar-refractivity contribution in [3.63, 3.8) is 0 Å². The molecule has 1 aromatic heterocycles. The zero-order chi connectivity index (χ0) is 13.9. The van der Waals surface area contributed by atoms with E-state index in [0.717, 1.165) is 31.5 Å². The Morgan fingerprint density at radius 2 is 2.21 bits per heavy atom. The molecule has 0 bridgehead atoms.